The fourth-order valence-electron chi connectivity index (χ4n) is 1.63. The lowest BCUT2D eigenvalue weighted by Gasteiger charge is -2.05. The number of carboxylic acid groups (broad SMARTS) is 1. The maximum Gasteiger partial charge on any atom is 0.335 e. The molecule has 0 amide bonds. The lowest BCUT2D eigenvalue weighted by atomic mass is 10.2. The third-order valence-corrected chi connectivity index (χ3v) is 4.74. The number of halogens is 2. The van der Waals surface area contributed by atoms with Gasteiger partial charge in [-0.05, 0) is 35.9 Å². The Morgan fingerprint density at radius 3 is 2.50 bits per heavy atom. The van der Waals surface area contributed by atoms with Crippen LogP contribution in [0.15, 0.2) is 47.4 Å². The molecule has 0 aliphatic rings. The van der Waals surface area contributed by atoms with Gasteiger partial charge in [-0.25, -0.2) is 4.79 Å². The van der Waals surface area contributed by atoms with Crippen LogP contribution in [0, 0.1) is 0 Å². The summed E-state index contributed by atoms with van der Waals surface area (Å²) >= 11 is 11.7. The maximum absolute atomic E-state index is 12.2. The first-order valence-corrected chi connectivity index (χ1v) is 7.70. The molecule has 0 bridgehead atoms. The van der Waals surface area contributed by atoms with Gasteiger partial charge in [0.2, 0.25) is 0 Å². The summed E-state index contributed by atoms with van der Waals surface area (Å²) in [6, 6.07) is 11.1. The smallest absolute Gasteiger partial charge is 0.335 e. The SMILES string of the molecule is O=C(O)c1cccc(S(=O)Cc2ccc(Cl)c(Cl)c2)c1. The highest BCUT2D eigenvalue weighted by molar-refractivity contribution is 7.84. The Morgan fingerprint density at radius 2 is 1.85 bits per heavy atom. The molecule has 0 radical (unpaired) electrons. The second-order valence-electron chi connectivity index (χ2n) is 4.07. The highest BCUT2D eigenvalue weighted by Gasteiger charge is 2.10. The molecule has 0 heterocycles. The lowest BCUT2D eigenvalue weighted by molar-refractivity contribution is 0.0696. The van der Waals surface area contributed by atoms with E-state index in [1.54, 1.807) is 30.3 Å². The van der Waals surface area contributed by atoms with Crippen molar-refractivity contribution in [1.82, 2.24) is 0 Å². The zero-order valence-corrected chi connectivity index (χ0v) is 12.5. The summed E-state index contributed by atoms with van der Waals surface area (Å²) in [5, 5.41) is 9.76. The first-order chi connectivity index (χ1) is 9.47. The van der Waals surface area contributed by atoms with E-state index in [1.165, 1.54) is 12.1 Å². The molecule has 20 heavy (non-hydrogen) atoms. The van der Waals surface area contributed by atoms with E-state index >= 15 is 0 Å². The van der Waals surface area contributed by atoms with Crippen molar-refractivity contribution in [1.29, 1.82) is 0 Å². The van der Waals surface area contributed by atoms with Gasteiger partial charge >= 0.3 is 5.97 Å². The molecule has 1 unspecified atom stereocenters. The van der Waals surface area contributed by atoms with E-state index in [9.17, 15) is 9.00 Å². The van der Waals surface area contributed by atoms with Gasteiger partial charge in [0.25, 0.3) is 0 Å². The average Bonchev–Trinajstić information content (AvgIpc) is 2.43. The van der Waals surface area contributed by atoms with Gasteiger partial charge in [-0.15, -0.1) is 0 Å². The van der Waals surface area contributed by atoms with Gasteiger partial charge in [0, 0.05) is 4.90 Å². The van der Waals surface area contributed by atoms with Crippen molar-refractivity contribution in [3.63, 3.8) is 0 Å². The molecule has 0 aliphatic carbocycles. The number of aromatic carboxylic acids is 1. The Kier molecular flexibility index (Phi) is 4.81. The van der Waals surface area contributed by atoms with Gasteiger partial charge in [-0.2, -0.15) is 0 Å². The topological polar surface area (TPSA) is 54.4 Å². The Morgan fingerprint density at radius 1 is 1.10 bits per heavy atom. The van der Waals surface area contributed by atoms with Crippen LogP contribution in [0.2, 0.25) is 10.0 Å². The fourth-order valence-corrected chi connectivity index (χ4v) is 3.09. The highest BCUT2D eigenvalue weighted by atomic mass is 35.5. The van der Waals surface area contributed by atoms with E-state index in [2.05, 4.69) is 0 Å². The van der Waals surface area contributed by atoms with E-state index in [1.807, 2.05) is 0 Å². The van der Waals surface area contributed by atoms with Gasteiger partial charge in [0.05, 0.1) is 32.2 Å². The largest absolute Gasteiger partial charge is 0.478 e. The van der Waals surface area contributed by atoms with Crippen LogP contribution in [0.1, 0.15) is 15.9 Å². The van der Waals surface area contributed by atoms with E-state index in [0.717, 1.165) is 5.56 Å². The van der Waals surface area contributed by atoms with Crippen molar-refractivity contribution in [3.05, 3.63) is 63.6 Å². The van der Waals surface area contributed by atoms with Crippen molar-refractivity contribution < 1.29 is 14.1 Å². The van der Waals surface area contributed by atoms with Gasteiger partial charge in [0.1, 0.15) is 0 Å². The van der Waals surface area contributed by atoms with Crippen LogP contribution < -0.4 is 0 Å². The van der Waals surface area contributed by atoms with Gasteiger partial charge in [-0.1, -0.05) is 35.3 Å². The quantitative estimate of drug-likeness (QED) is 0.922. The Bertz CT molecular complexity index is 686. The van der Waals surface area contributed by atoms with Gasteiger partial charge in [-0.3, -0.25) is 4.21 Å². The zero-order chi connectivity index (χ0) is 14.7. The molecule has 1 N–H and O–H groups in total. The second kappa shape index (κ2) is 6.39. The summed E-state index contributed by atoms with van der Waals surface area (Å²) in [4.78, 5) is 11.4. The first kappa shape index (κ1) is 15.0. The summed E-state index contributed by atoms with van der Waals surface area (Å²) in [6.07, 6.45) is 0. The number of carboxylic acids is 1. The molecule has 0 aromatic heterocycles. The number of hydrogen-bond donors (Lipinski definition) is 1. The monoisotopic (exact) mass is 328 g/mol. The van der Waals surface area contributed by atoms with Crippen LogP contribution in [0.25, 0.3) is 0 Å². The number of benzene rings is 2. The van der Waals surface area contributed by atoms with E-state index in [4.69, 9.17) is 28.3 Å². The van der Waals surface area contributed by atoms with Gasteiger partial charge < -0.3 is 5.11 Å². The maximum atomic E-state index is 12.2. The lowest BCUT2D eigenvalue weighted by Crippen LogP contribution is -2.00. The van der Waals surface area contributed by atoms with Crippen molar-refractivity contribution in [2.24, 2.45) is 0 Å². The molecule has 1 atom stereocenters. The predicted molar refractivity (Wildman–Crippen MR) is 80.0 cm³/mol. The van der Waals surface area contributed by atoms with Gasteiger partial charge in [0.15, 0.2) is 0 Å². The van der Waals surface area contributed by atoms with E-state index in [-0.39, 0.29) is 11.3 Å². The Hall–Kier alpha value is -1.36. The summed E-state index contributed by atoms with van der Waals surface area (Å²) in [7, 11) is -1.34. The fraction of sp³-hybridized carbons (Fsp3) is 0.0714. The Labute approximate surface area is 128 Å². The average molecular weight is 329 g/mol. The summed E-state index contributed by atoms with van der Waals surface area (Å²) in [6.45, 7) is 0. The molecule has 2 aromatic rings. The predicted octanol–water partition coefficient (Wildman–Crippen LogP) is 4.00. The highest BCUT2D eigenvalue weighted by Crippen LogP contribution is 2.24. The third kappa shape index (κ3) is 3.60. The summed E-state index contributed by atoms with van der Waals surface area (Å²) in [5.41, 5.74) is 0.892. The van der Waals surface area contributed by atoms with Crippen LogP contribution in [0.5, 0.6) is 0 Å². The standard InChI is InChI=1S/C14H10Cl2O3S/c15-12-5-4-9(6-13(12)16)8-20(19)11-3-1-2-10(7-11)14(17)18/h1-7H,8H2,(H,17,18). The van der Waals surface area contributed by atoms with Crippen LogP contribution in [0.3, 0.4) is 0 Å². The molecular weight excluding hydrogens is 319 g/mol. The number of rotatable bonds is 4. The minimum atomic E-state index is -1.34. The molecule has 0 saturated heterocycles. The summed E-state index contributed by atoms with van der Waals surface area (Å²) < 4.78 is 12.2. The first-order valence-electron chi connectivity index (χ1n) is 5.63. The van der Waals surface area contributed by atoms with Crippen LogP contribution in [-0.4, -0.2) is 15.3 Å². The van der Waals surface area contributed by atoms with Crippen molar-refractivity contribution >= 4 is 40.0 Å². The van der Waals surface area contributed by atoms with Crippen molar-refractivity contribution in [2.75, 3.05) is 0 Å². The van der Waals surface area contributed by atoms with Crippen molar-refractivity contribution in [3.8, 4) is 0 Å². The van der Waals surface area contributed by atoms with E-state index in [0.29, 0.717) is 14.9 Å². The molecule has 2 rings (SSSR count). The molecular formula is C14H10Cl2O3S. The van der Waals surface area contributed by atoms with Crippen LogP contribution in [-0.2, 0) is 16.6 Å². The van der Waals surface area contributed by atoms with Crippen LogP contribution >= 0.6 is 23.2 Å². The molecule has 6 heteroatoms. The molecule has 0 spiro atoms. The minimum absolute atomic E-state index is 0.116. The molecule has 3 nitrogen and oxygen atoms in total. The minimum Gasteiger partial charge on any atom is -0.478 e. The van der Waals surface area contributed by atoms with E-state index < -0.39 is 16.8 Å². The Balaban J connectivity index is 2.21. The second-order valence-corrected chi connectivity index (χ2v) is 6.34. The zero-order valence-electron chi connectivity index (χ0n) is 10.2. The summed E-state index contributed by atoms with van der Waals surface area (Å²) in [5.74, 6) is -0.793. The van der Waals surface area contributed by atoms with Crippen LogP contribution in [0.4, 0.5) is 0 Å². The normalized spacial score (nSPS) is 12.1. The number of hydrogen-bond acceptors (Lipinski definition) is 2. The molecule has 0 saturated carbocycles. The molecule has 0 fully saturated rings. The number of carbonyl (C=O) groups is 1. The molecule has 2 aromatic carbocycles. The molecule has 0 aliphatic heterocycles. The molecule has 104 valence electrons. The third-order valence-electron chi connectivity index (χ3n) is 2.63. The van der Waals surface area contributed by atoms with Crippen molar-refractivity contribution in [2.45, 2.75) is 10.6 Å².